The van der Waals surface area contributed by atoms with Crippen molar-refractivity contribution < 1.29 is 13.0 Å². The smallest absolute Gasteiger partial charge is 0.265 e. The molecule has 1 atom stereocenters. The molecule has 1 N–H and O–H groups in total. The zero-order valence-corrected chi connectivity index (χ0v) is 12.6. The van der Waals surface area contributed by atoms with Crippen LogP contribution in [-0.4, -0.2) is 18.7 Å². The first-order chi connectivity index (χ1) is 8.94. The van der Waals surface area contributed by atoms with Crippen LogP contribution in [0.5, 0.6) is 0 Å². The monoisotopic (exact) mass is 284 g/mol. The molecule has 0 aliphatic rings. The molecule has 3 nitrogen and oxygen atoms in total. The van der Waals surface area contributed by atoms with E-state index in [0.717, 1.165) is 36.8 Å². The first kappa shape index (κ1) is 16.2. The Labute approximate surface area is 116 Å². The van der Waals surface area contributed by atoms with E-state index in [-0.39, 0.29) is 11.7 Å². The number of benzene rings is 1. The van der Waals surface area contributed by atoms with Crippen molar-refractivity contribution in [2.24, 2.45) is 0 Å². The Morgan fingerprint density at radius 1 is 1.16 bits per heavy atom. The number of aryl methyl sites for hydroxylation is 1. The van der Waals surface area contributed by atoms with E-state index < -0.39 is 10.1 Å². The van der Waals surface area contributed by atoms with Gasteiger partial charge in [0.1, 0.15) is 0 Å². The summed E-state index contributed by atoms with van der Waals surface area (Å²) in [6.07, 6.45) is 5.26. The minimum Gasteiger partial charge on any atom is -0.286 e. The van der Waals surface area contributed by atoms with Crippen LogP contribution in [0.25, 0.3) is 0 Å². The van der Waals surface area contributed by atoms with Crippen LogP contribution in [0.15, 0.2) is 24.3 Å². The normalized spacial score (nSPS) is 13.4. The van der Waals surface area contributed by atoms with E-state index in [1.165, 1.54) is 6.42 Å². The topological polar surface area (TPSA) is 54.4 Å². The van der Waals surface area contributed by atoms with Gasteiger partial charge in [-0.3, -0.25) is 4.55 Å². The average molecular weight is 284 g/mol. The maximum absolute atomic E-state index is 11.2. The quantitative estimate of drug-likeness (QED) is 0.581. The van der Waals surface area contributed by atoms with Crippen LogP contribution in [0.3, 0.4) is 0 Å². The molecule has 1 aromatic rings. The average Bonchev–Trinajstić information content (AvgIpc) is 2.32. The summed E-state index contributed by atoms with van der Waals surface area (Å²) in [6, 6.07) is 7.81. The maximum Gasteiger partial charge on any atom is 0.265 e. The molecule has 0 aliphatic carbocycles. The zero-order valence-electron chi connectivity index (χ0n) is 11.8. The molecular weight excluding hydrogens is 260 g/mol. The summed E-state index contributed by atoms with van der Waals surface area (Å²) in [6.45, 7) is 4.13. The molecule has 0 bridgehead atoms. The molecule has 1 rings (SSSR count). The summed E-state index contributed by atoms with van der Waals surface area (Å²) in [5.41, 5.74) is 2.13. The standard InChI is InChI=1S/C15H24O3S/c1-3-4-5-6-10-14(12-19(16,17)18)15-11-8-7-9-13(15)2/h7-9,11,14H,3-6,10,12H2,1-2H3,(H,16,17,18). The van der Waals surface area contributed by atoms with Gasteiger partial charge in [0.05, 0.1) is 5.75 Å². The molecular formula is C15H24O3S. The van der Waals surface area contributed by atoms with Crippen LogP contribution in [0.1, 0.15) is 56.1 Å². The summed E-state index contributed by atoms with van der Waals surface area (Å²) in [7, 11) is -3.93. The van der Waals surface area contributed by atoms with Crippen LogP contribution < -0.4 is 0 Å². The van der Waals surface area contributed by atoms with Gasteiger partial charge in [0, 0.05) is 5.92 Å². The zero-order chi connectivity index (χ0) is 14.3. The van der Waals surface area contributed by atoms with Crippen molar-refractivity contribution >= 4 is 10.1 Å². The van der Waals surface area contributed by atoms with Crippen molar-refractivity contribution in [3.05, 3.63) is 35.4 Å². The number of rotatable bonds is 8. The van der Waals surface area contributed by atoms with Crippen molar-refractivity contribution in [3.8, 4) is 0 Å². The fourth-order valence-corrected chi connectivity index (χ4v) is 3.30. The molecule has 1 unspecified atom stereocenters. The highest BCUT2D eigenvalue weighted by atomic mass is 32.2. The Balaban J connectivity index is 2.78. The van der Waals surface area contributed by atoms with Crippen molar-refractivity contribution in [2.75, 3.05) is 5.75 Å². The lowest BCUT2D eigenvalue weighted by atomic mass is 9.91. The SMILES string of the molecule is CCCCCCC(CS(=O)(=O)O)c1ccccc1C. The highest BCUT2D eigenvalue weighted by Crippen LogP contribution is 2.26. The predicted octanol–water partition coefficient (Wildman–Crippen LogP) is 3.94. The Bertz CT molecular complexity index is 480. The summed E-state index contributed by atoms with van der Waals surface area (Å²) in [5, 5.41) is 0. The number of hydrogen-bond acceptors (Lipinski definition) is 2. The molecule has 0 amide bonds. The minimum absolute atomic E-state index is 0.104. The lowest BCUT2D eigenvalue weighted by molar-refractivity contribution is 0.471. The molecule has 0 radical (unpaired) electrons. The van der Waals surface area contributed by atoms with Crippen LogP contribution in [0, 0.1) is 6.92 Å². The third-order valence-corrected chi connectivity index (χ3v) is 4.27. The Morgan fingerprint density at radius 3 is 2.42 bits per heavy atom. The fourth-order valence-electron chi connectivity index (χ4n) is 2.45. The van der Waals surface area contributed by atoms with Crippen molar-refractivity contribution in [3.63, 3.8) is 0 Å². The summed E-state index contributed by atoms with van der Waals surface area (Å²) >= 11 is 0. The van der Waals surface area contributed by atoms with E-state index >= 15 is 0 Å². The lowest BCUT2D eigenvalue weighted by Gasteiger charge is -2.18. The largest absolute Gasteiger partial charge is 0.286 e. The predicted molar refractivity (Wildman–Crippen MR) is 79.1 cm³/mol. The van der Waals surface area contributed by atoms with Gasteiger partial charge in [0.25, 0.3) is 10.1 Å². The van der Waals surface area contributed by atoms with Crippen LogP contribution in [0.4, 0.5) is 0 Å². The van der Waals surface area contributed by atoms with Gasteiger partial charge in [-0.25, -0.2) is 0 Å². The van der Waals surface area contributed by atoms with Crippen LogP contribution in [-0.2, 0) is 10.1 Å². The molecule has 0 saturated carbocycles. The van der Waals surface area contributed by atoms with Crippen LogP contribution in [0.2, 0.25) is 0 Å². The molecule has 0 aromatic heterocycles. The first-order valence-corrected chi connectivity index (χ1v) is 8.55. The van der Waals surface area contributed by atoms with Crippen molar-refractivity contribution in [1.29, 1.82) is 0 Å². The van der Waals surface area contributed by atoms with Gasteiger partial charge in [0.2, 0.25) is 0 Å². The Morgan fingerprint density at radius 2 is 1.84 bits per heavy atom. The minimum atomic E-state index is -3.93. The molecule has 1 aromatic carbocycles. The van der Waals surface area contributed by atoms with Gasteiger partial charge in [-0.05, 0) is 24.5 Å². The molecule has 108 valence electrons. The van der Waals surface area contributed by atoms with E-state index in [4.69, 9.17) is 4.55 Å². The fraction of sp³-hybridized carbons (Fsp3) is 0.600. The molecule has 0 aliphatic heterocycles. The van der Waals surface area contributed by atoms with Gasteiger partial charge < -0.3 is 0 Å². The third-order valence-electron chi connectivity index (χ3n) is 3.45. The lowest BCUT2D eigenvalue weighted by Crippen LogP contribution is -2.15. The molecule has 4 heteroatoms. The molecule has 0 fully saturated rings. The molecule has 0 saturated heterocycles. The van der Waals surface area contributed by atoms with Gasteiger partial charge in [-0.2, -0.15) is 8.42 Å². The summed E-state index contributed by atoms with van der Waals surface area (Å²) in [4.78, 5) is 0. The second kappa shape index (κ2) is 7.65. The van der Waals surface area contributed by atoms with E-state index in [1.807, 2.05) is 31.2 Å². The van der Waals surface area contributed by atoms with E-state index in [2.05, 4.69) is 6.92 Å². The third kappa shape index (κ3) is 6.21. The van der Waals surface area contributed by atoms with Crippen LogP contribution >= 0.6 is 0 Å². The van der Waals surface area contributed by atoms with Crippen molar-refractivity contribution in [2.45, 2.75) is 51.9 Å². The molecule has 19 heavy (non-hydrogen) atoms. The Hall–Kier alpha value is -0.870. The number of unbranched alkanes of at least 4 members (excludes halogenated alkanes) is 3. The van der Waals surface area contributed by atoms with Crippen molar-refractivity contribution in [1.82, 2.24) is 0 Å². The van der Waals surface area contributed by atoms with E-state index in [1.54, 1.807) is 0 Å². The molecule has 0 heterocycles. The van der Waals surface area contributed by atoms with E-state index in [9.17, 15) is 8.42 Å². The maximum atomic E-state index is 11.2. The summed E-state index contributed by atoms with van der Waals surface area (Å²) < 4.78 is 31.5. The van der Waals surface area contributed by atoms with E-state index in [0.29, 0.717) is 0 Å². The van der Waals surface area contributed by atoms with Gasteiger partial charge in [-0.1, -0.05) is 56.9 Å². The van der Waals surface area contributed by atoms with Gasteiger partial charge in [-0.15, -0.1) is 0 Å². The highest BCUT2D eigenvalue weighted by molar-refractivity contribution is 7.85. The second-order valence-electron chi connectivity index (χ2n) is 5.15. The number of hydrogen-bond donors (Lipinski definition) is 1. The van der Waals surface area contributed by atoms with Gasteiger partial charge >= 0.3 is 0 Å². The van der Waals surface area contributed by atoms with Gasteiger partial charge in [0.15, 0.2) is 0 Å². The first-order valence-electron chi connectivity index (χ1n) is 6.94. The Kier molecular flexibility index (Phi) is 6.52. The molecule has 0 spiro atoms. The highest BCUT2D eigenvalue weighted by Gasteiger charge is 2.19. The summed E-state index contributed by atoms with van der Waals surface area (Å²) in [5.74, 6) is -0.280. The second-order valence-corrected chi connectivity index (χ2v) is 6.65.